The van der Waals surface area contributed by atoms with Crippen molar-refractivity contribution in [1.29, 1.82) is 0 Å². The highest BCUT2D eigenvalue weighted by atomic mass is 28.3. The van der Waals surface area contributed by atoms with Gasteiger partial charge in [0.05, 0.1) is 12.7 Å². The molecule has 0 aromatic rings. The second kappa shape index (κ2) is 9.36. The number of hydrogen-bond acceptors (Lipinski definition) is 3. The van der Waals surface area contributed by atoms with Crippen LogP contribution >= 0.6 is 0 Å². The Hall–Kier alpha value is 0.314. The molecule has 5 heteroatoms. The highest BCUT2D eigenvalue weighted by Crippen LogP contribution is 2.24. The third-order valence-electron chi connectivity index (χ3n) is 3.58. The van der Waals surface area contributed by atoms with Crippen LogP contribution in [-0.2, 0) is 4.74 Å². The molecule has 20 heavy (non-hydrogen) atoms. The van der Waals surface area contributed by atoms with Gasteiger partial charge in [-0.3, -0.25) is 0 Å². The molecule has 0 radical (unpaired) electrons. The third-order valence-corrected chi connectivity index (χ3v) is 9.14. The average molecular weight is 320 g/mol. The second-order valence-electron chi connectivity index (χ2n) is 8.32. The molecular formula is C15H37NO2Si2. The van der Waals surface area contributed by atoms with Crippen molar-refractivity contribution in [3.63, 3.8) is 0 Å². The van der Waals surface area contributed by atoms with Crippen LogP contribution in [-0.4, -0.2) is 66.1 Å². The number of nitrogens with zero attached hydrogens (tertiary/aromatic N) is 1. The molecule has 122 valence electrons. The fourth-order valence-corrected chi connectivity index (χ4v) is 9.24. The lowest BCUT2D eigenvalue weighted by Crippen LogP contribution is -2.31. The van der Waals surface area contributed by atoms with Crippen LogP contribution < -0.4 is 0 Å². The Labute approximate surface area is 128 Å². The van der Waals surface area contributed by atoms with E-state index in [1.54, 1.807) is 0 Å². The molecule has 0 aliphatic carbocycles. The van der Waals surface area contributed by atoms with Crippen LogP contribution in [0.2, 0.25) is 50.9 Å². The minimum atomic E-state index is -1.03. The van der Waals surface area contributed by atoms with Crippen molar-refractivity contribution in [3.8, 4) is 0 Å². The van der Waals surface area contributed by atoms with Gasteiger partial charge in [0.2, 0.25) is 0 Å². The first-order chi connectivity index (χ1) is 9.02. The molecule has 0 aromatic carbocycles. The summed E-state index contributed by atoms with van der Waals surface area (Å²) in [5.74, 6) is 0. The van der Waals surface area contributed by atoms with Gasteiger partial charge in [0.25, 0.3) is 0 Å². The summed E-state index contributed by atoms with van der Waals surface area (Å²) in [6, 6.07) is 4.28. The first-order valence-electron chi connectivity index (χ1n) is 7.92. The quantitative estimate of drug-likeness (QED) is 0.468. The summed E-state index contributed by atoms with van der Waals surface area (Å²) in [5.41, 5.74) is 0. The van der Waals surface area contributed by atoms with E-state index in [1.807, 2.05) is 19.0 Å². The van der Waals surface area contributed by atoms with E-state index in [-0.39, 0.29) is 6.10 Å². The minimum absolute atomic E-state index is 0.359. The Morgan fingerprint density at radius 1 is 1.00 bits per heavy atom. The summed E-state index contributed by atoms with van der Waals surface area (Å²) in [5, 5.41) is 9.70. The summed E-state index contributed by atoms with van der Waals surface area (Å²) in [4.78, 5) is 1.99. The maximum Gasteiger partial charge on any atom is 0.0899 e. The molecule has 0 spiro atoms. The lowest BCUT2D eigenvalue weighted by Gasteiger charge is -2.26. The molecule has 0 rings (SSSR count). The van der Waals surface area contributed by atoms with E-state index in [4.69, 9.17) is 4.74 Å². The zero-order valence-electron chi connectivity index (χ0n) is 14.8. The van der Waals surface area contributed by atoms with E-state index in [1.165, 1.54) is 18.1 Å². The summed E-state index contributed by atoms with van der Waals surface area (Å²) in [6.45, 7) is 14.4. The van der Waals surface area contributed by atoms with Gasteiger partial charge in [-0.15, -0.1) is 0 Å². The van der Waals surface area contributed by atoms with Crippen molar-refractivity contribution in [1.82, 2.24) is 4.90 Å². The summed E-state index contributed by atoms with van der Waals surface area (Å²) in [7, 11) is 2.02. The first kappa shape index (κ1) is 20.3. The lowest BCUT2D eigenvalue weighted by atomic mass is 10.3. The number of hydrogen-bond donors (Lipinski definition) is 1. The second-order valence-corrected chi connectivity index (χ2v) is 19.3. The van der Waals surface area contributed by atoms with Gasteiger partial charge in [-0.1, -0.05) is 50.9 Å². The van der Waals surface area contributed by atoms with Gasteiger partial charge in [0, 0.05) is 29.3 Å². The predicted molar refractivity (Wildman–Crippen MR) is 95.2 cm³/mol. The summed E-state index contributed by atoms with van der Waals surface area (Å²) >= 11 is 0. The molecule has 0 saturated carbocycles. The van der Waals surface area contributed by atoms with Crippen molar-refractivity contribution in [2.24, 2.45) is 0 Å². The highest BCUT2D eigenvalue weighted by molar-refractivity contribution is 6.82. The Kier molecular flexibility index (Phi) is 9.50. The van der Waals surface area contributed by atoms with E-state index in [9.17, 15) is 5.11 Å². The number of aliphatic hydroxyl groups is 1. The number of ether oxygens (including phenoxy) is 1. The van der Waals surface area contributed by atoms with E-state index >= 15 is 0 Å². The highest BCUT2D eigenvalue weighted by Gasteiger charge is 2.23. The molecule has 0 saturated heterocycles. The molecular weight excluding hydrogens is 282 g/mol. The summed E-state index contributed by atoms with van der Waals surface area (Å²) in [6.07, 6.45) is 0.793. The van der Waals surface area contributed by atoms with Crippen molar-refractivity contribution in [3.05, 3.63) is 0 Å². The fraction of sp³-hybridized carbons (Fsp3) is 1.00. The molecule has 0 aliphatic heterocycles. The molecule has 0 aromatic heterocycles. The fourth-order valence-electron chi connectivity index (χ4n) is 2.18. The average Bonchev–Trinajstić information content (AvgIpc) is 2.24. The zero-order valence-corrected chi connectivity index (χ0v) is 16.8. The van der Waals surface area contributed by atoms with Gasteiger partial charge in [0.1, 0.15) is 0 Å². The first-order valence-corrected chi connectivity index (χ1v) is 15.0. The zero-order chi connectivity index (χ0) is 15.8. The Bertz CT molecular complexity index is 253. The van der Waals surface area contributed by atoms with Crippen LogP contribution in [0.15, 0.2) is 0 Å². The van der Waals surface area contributed by atoms with Gasteiger partial charge in [-0.2, -0.15) is 0 Å². The van der Waals surface area contributed by atoms with E-state index in [0.29, 0.717) is 13.2 Å². The van der Waals surface area contributed by atoms with Crippen molar-refractivity contribution in [2.75, 3.05) is 33.9 Å². The van der Waals surface area contributed by atoms with Gasteiger partial charge >= 0.3 is 0 Å². The molecule has 0 fully saturated rings. The number of rotatable bonds is 11. The molecule has 0 aliphatic rings. The maximum atomic E-state index is 9.70. The Balaban J connectivity index is 3.67. The van der Waals surface area contributed by atoms with Crippen molar-refractivity contribution >= 4 is 16.1 Å². The minimum Gasteiger partial charge on any atom is -0.389 e. The molecule has 0 amide bonds. The number of aliphatic hydroxyl groups excluding tert-OH is 1. The largest absolute Gasteiger partial charge is 0.389 e. The van der Waals surface area contributed by atoms with E-state index in [2.05, 4.69) is 32.7 Å². The molecule has 1 atom stereocenters. The topological polar surface area (TPSA) is 32.7 Å². The van der Waals surface area contributed by atoms with E-state index in [0.717, 1.165) is 13.0 Å². The van der Waals surface area contributed by atoms with Gasteiger partial charge in [0.15, 0.2) is 0 Å². The standard InChI is InChI=1S/C15H37NO2Si2/c1-16(2)13-15(17)14-18-9-8-10-20(6,7)12-11-19(3,4)5/h15,17H,8-14H2,1-7H3. The lowest BCUT2D eigenvalue weighted by molar-refractivity contribution is 0.0244. The van der Waals surface area contributed by atoms with Crippen LogP contribution in [0.3, 0.4) is 0 Å². The number of likely N-dealkylation sites (N-methyl/N-ethyl adjacent to an activating group) is 1. The normalized spacial score (nSPS) is 14.8. The van der Waals surface area contributed by atoms with Crippen LogP contribution in [0, 0.1) is 0 Å². The molecule has 0 heterocycles. The SMILES string of the molecule is CN(C)CC(O)COCCC[Si](C)(C)CC[Si](C)(C)C. The molecule has 1 unspecified atom stereocenters. The van der Waals surface area contributed by atoms with Crippen LogP contribution in [0.25, 0.3) is 0 Å². The van der Waals surface area contributed by atoms with E-state index < -0.39 is 16.1 Å². The predicted octanol–water partition coefficient (Wildman–Crippen LogP) is 3.36. The van der Waals surface area contributed by atoms with Crippen LogP contribution in [0.5, 0.6) is 0 Å². The molecule has 3 nitrogen and oxygen atoms in total. The smallest absolute Gasteiger partial charge is 0.0899 e. The van der Waals surface area contributed by atoms with Gasteiger partial charge in [-0.05, 0) is 20.5 Å². The van der Waals surface area contributed by atoms with Crippen molar-refractivity contribution in [2.45, 2.75) is 63.4 Å². The Morgan fingerprint density at radius 3 is 2.10 bits per heavy atom. The van der Waals surface area contributed by atoms with Crippen molar-refractivity contribution < 1.29 is 9.84 Å². The van der Waals surface area contributed by atoms with Crippen LogP contribution in [0.4, 0.5) is 0 Å². The summed E-state index contributed by atoms with van der Waals surface area (Å²) < 4.78 is 5.59. The van der Waals surface area contributed by atoms with Gasteiger partial charge < -0.3 is 14.7 Å². The molecule has 0 bridgehead atoms. The maximum absolute atomic E-state index is 9.70. The Morgan fingerprint density at radius 2 is 1.60 bits per heavy atom. The van der Waals surface area contributed by atoms with Crippen LogP contribution in [0.1, 0.15) is 6.42 Å². The monoisotopic (exact) mass is 319 g/mol. The third kappa shape index (κ3) is 13.3. The van der Waals surface area contributed by atoms with Gasteiger partial charge in [-0.25, -0.2) is 0 Å². The molecule has 1 N–H and O–H groups in total.